The number of aromatic nitrogens is 1. The van der Waals surface area contributed by atoms with Gasteiger partial charge in [0.25, 0.3) is 0 Å². The predicted octanol–water partition coefficient (Wildman–Crippen LogP) is 22.1. The highest BCUT2D eigenvalue weighted by atomic mass is 19.2. The number of allylic oxidation sites excluding steroid dienone is 6. The summed E-state index contributed by atoms with van der Waals surface area (Å²) in [5.74, 6) is -0.867. The van der Waals surface area contributed by atoms with Crippen LogP contribution in [0, 0.1) is 11.8 Å². The number of rotatable bonds is 7. The van der Waals surface area contributed by atoms with Gasteiger partial charge in [0.15, 0.2) is 11.4 Å². The molecule has 0 amide bonds. The number of fused-ring (bicyclic) bond motifs is 10. The van der Waals surface area contributed by atoms with E-state index in [4.69, 9.17) is 0 Å². The van der Waals surface area contributed by atoms with E-state index < -0.39 is 6.97 Å². The van der Waals surface area contributed by atoms with Crippen LogP contribution < -0.4 is 0 Å². The maximum Gasteiger partial charge on any atom is 0.737 e. The lowest BCUT2D eigenvalue weighted by Gasteiger charge is -2.43. The summed E-state index contributed by atoms with van der Waals surface area (Å²) in [4.78, 5) is 0. The zero-order chi connectivity index (χ0) is 60.5. The van der Waals surface area contributed by atoms with Gasteiger partial charge in [0.05, 0.1) is 5.57 Å². The van der Waals surface area contributed by atoms with Gasteiger partial charge in [-0.3, -0.25) is 0 Å². The molecule has 2 nitrogen and oxygen atoms in total. The summed E-state index contributed by atoms with van der Waals surface area (Å²) < 4.78 is 45.8. The van der Waals surface area contributed by atoms with Crippen LogP contribution in [0.1, 0.15) is 87.7 Å². The summed E-state index contributed by atoms with van der Waals surface area (Å²) in [6.45, 7) is -4.74. The number of nitrogens with zero attached hydrogens (tertiary/aromatic N) is 2. The normalized spacial score (nSPS) is 19.5. The quantitative estimate of drug-likeness (QED) is 0.141. The average molecular weight is 1180 g/mol. The third-order valence-corrected chi connectivity index (χ3v) is 21.9. The van der Waals surface area contributed by atoms with Gasteiger partial charge in [0, 0.05) is 51.8 Å². The summed E-state index contributed by atoms with van der Waals surface area (Å²) in [6.07, 6.45) is 3.29. The minimum atomic E-state index is -4.74. The molecule has 3 heterocycles. The number of benzene rings is 13. The van der Waals surface area contributed by atoms with Gasteiger partial charge >= 0.3 is 6.97 Å². The third-order valence-electron chi connectivity index (χ3n) is 21.9. The highest BCUT2D eigenvalue weighted by Gasteiger charge is 2.64. The molecule has 14 aromatic rings. The lowest BCUT2D eigenvalue weighted by atomic mass is 9.59. The van der Waals surface area contributed by atoms with Gasteiger partial charge in [-0.05, 0) is 200 Å². The lowest BCUT2D eigenvalue weighted by Crippen LogP contribution is -2.52. The summed E-state index contributed by atoms with van der Waals surface area (Å²) in [6, 6.07) is 103. The summed E-state index contributed by atoms with van der Waals surface area (Å²) >= 11 is 0. The minimum Gasteiger partial charge on any atom is -0.389 e. The Bertz CT molecular complexity index is 5770. The predicted molar refractivity (Wildman–Crippen MR) is 379 cm³/mol. The molecule has 4 atom stereocenters. The van der Waals surface area contributed by atoms with Crippen molar-refractivity contribution in [1.29, 1.82) is 0 Å². The van der Waals surface area contributed by atoms with Crippen molar-refractivity contribution in [2.45, 2.75) is 37.5 Å². The molecule has 434 valence electrons. The zero-order valence-electron chi connectivity index (χ0n) is 50.5. The Labute approximate surface area is 532 Å². The molecule has 8 aliphatic rings. The fourth-order valence-electron chi connectivity index (χ4n) is 18.2. The van der Waals surface area contributed by atoms with Crippen LogP contribution in [-0.4, -0.2) is 21.6 Å². The molecule has 4 unspecified atom stereocenters. The maximum absolute atomic E-state index is 21.2. The molecular weight excluding hydrogens is 1120 g/mol. The molecule has 4 bridgehead atoms. The smallest absolute Gasteiger partial charge is 0.389 e. The Kier molecular flexibility index (Phi) is 11.1. The van der Waals surface area contributed by atoms with Crippen molar-refractivity contribution in [3.05, 3.63) is 352 Å². The van der Waals surface area contributed by atoms with E-state index in [-0.39, 0.29) is 23.7 Å². The van der Waals surface area contributed by atoms with Crippen LogP contribution in [0.15, 0.2) is 302 Å². The van der Waals surface area contributed by atoms with Crippen molar-refractivity contribution in [3.63, 3.8) is 0 Å². The van der Waals surface area contributed by atoms with Crippen LogP contribution >= 0.6 is 0 Å². The standard InChI is InChI=1S/C87H59BF2N2/c89-88(90)91-84(69-40-34-56-20-8-14-28-63(56)50-69)80-71-42-44-73(77(67-38-32-54-18-6-12-26-61(54)48-67)75(71)65-36-30-52-16-4-10-24-59(52)46-65)82(80)86(91)79(58-22-2-1-3-23-58)87-83-74-45-43-72(81(83)85(92(87)88)70-41-35-57-21-9-15-29-64(57)51-70)76(66-37-31-53-17-5-11-25-60(53)47-66)78(74)68-39-33-55-19-7-13-27-62(55)49-68/h1-41,46-51,71-74H,42-45H2. The van der Waals surface area contributed by atoms with Gasteiger partial charge in [-0.2, -0.15) is 0 Å². The fraction of sp³-hybridized carbons (Fsp3) is 0.0920. The second-order valence-electron chi connectivity index (χ2n) is 26.5. The van der Waals surface area contributed by atoms with Gasteiger partial charge in [0.2, 0.25) is 0 Å². The SMILES string of the molecule is F[B-]1(F)n2c(c3c(c2-c2ccc4ccccc4c2)C2CCC3C(c3ccc4ccccc4c3)=C2c2ccc3ccccc3c2)C(c2ccccc2)=C2C3=C(C(c4ccc5ccccc5c4)=[N+]21)C1CCC3C(c2ccc3ccccc3c2)=C1c1ccc2ccccc2c1. The van der Waals surface area contributed by atoms with E-state index in [0.29, 0.717) is 22.8 Å². The highest BCUT2D eigenvalue weighted by Crippen LogP contribution is 2.67. The zero-order valence-corrected chi connectivity index (χ0v) is 50.5. The first-order chi connectivity index (χ1) is 45.4. The molecule has 13 aromatic carbocycles. The van der Waals surface area contributed by atoms with Gasteiger partial charge in [0.1, 0.15) is 0 Å². The van der Waals surface area contributed by atoms with Crippen LogP contribution in [0.3, 0.4) is 0 Å². The van der Waals surface area contributed by atoms with E-state index in [0.717, 1.165) is 125 Å². The number of hydrogen-bond acceptors (Lipinski definition) is 0. The van der Waals surface area contributed by atoms with E-state index >= 15 is 8.63 Å². The Balaban J connectivity index is 0.941. The topological polar surface area (TPSA) is 7.94 Å². The Morgan fingerprint density at radius 2 is 0.576 bits per heavy atom. The van der Waals surface area contributed by atoms with Gasteiger partial charge in [-0.1, -0.05) is 243 Å². The van der Waals surface area contributed by atoms with Crippen molar-refractivity contribution in [2.24, 2.45) is 11.8 Å². The summed E-state index contributed by atoms with van der Waals surface area (Å²) in [7, 11) is 0. The van der Waals surface area contributed by atoms with Crippen LogP contribution in [0.25, 0.3) is 104 Å². The third kappa shape index (κ3) is 7.45. The molecule has 92 heavy (non-hydrogen) atoms. The number of hydrogen-bond donors (Lipinski definition) is 0. The van der Waals surface area contributed by atoms with Gasteiger partial charge in [-0.15, -0.1) is 0 Å². The Morgan fingerprint density at radius 1 is 0.272 bits per heavy atom. The van der Waals surface area contributed by atoms with E-state index in [1.807, 2.05) is 0 Å². The van der Waals surface area contributed by atoms with Crippen molar-refractivity contribution in [1.82, 2.24) is 4.48 Å². The maximum atomic E-state index is 21.2. The molecule has 0 fully saturated rings. The van der Waals surface area contributed by atoms with E-state index in [1.165, 1.54) is 54.6 Å². The highest BCUT2D eigenvalue weighted by molar-refractivity contribution is 6.59. The van der Waals surface area contributed by atoms with E-state index in [2.05, 4.69) is 285 Å². The van der Waals surface area contributed by atoms with Crippen LogP contribution in [0.4, 0.5) is 8.63 Å². The fourth-order valence-corrected chi connectivity index (χ4v) is 18.2. The second-order valence-corrected chi connectivity index (χ2v) is 26.5. The molecule has 0 saturated heterocycles. The first-order valence-corrected chi connectivity index (χ1v) is 32.8. The molecule has 5 heteroatoms. The molecule has 22 rings (SSSR count). The van der Waals surface area contributed by atoms with Crippen LogP contribution in [0.5, 0.6) is 0 Å². The number of halogens is 2. The monoisotopic (exact) mass is 1180 g/mol. The molecule has 1 aromatic heterocycles. The lowest BCUT2D eigenvalue weighted by molar-refractivity contribution is -0.362. The Hall–Kier alpha value is -10.7. The van der Waals surface area contributed by atoms with Gasteiger partial charge in [-0.25, -0.2) is 0 Å². The summed E-state index contributed by atoms with van der Waals surface area (Å²) in [5, 5.41) is 13.6. The van der Waals surface area contributed by atoms with Crippen molar-refractivity contribution < 1.29 is 13.1 Å². The van der Waals surface area contributed by atoms with Crippen molar-refractivity contribution >= 4 is 105 Å². The summed E-state index contributed by atoms with van der Waals surface area (Å²) in [5.41, 5.74) is 19.8. The molecule has 0 spiro atoms. The first-order valence-electron chi connectivity index (χ1n) is 32.8. The first kappa shape index (κ1) is 52.1. The van der Waals surface area contributed by atoms with Gasteiger partial charge < -0.3 is 17.6 Å². The molecule has 0 N–H and O–H groups in total. The van der Waals surface area contributed by atoms with E-state index in [9.17, 15) is 0 Å². The van der Waals surface area contributed by atoms with Crippen LogP contribution in [-0.2, 0) is 0 Å². The molecular formula is C87H59BF2N2. The molecule has 0 radical (unpaired) electrons. The molecule has 0 saturated carbocycles. The Morgan fingerprint density at radius 3 is 0.989 bits per heavy atom. The van der Waals surface area contributed by atoms with Crippen molar-refractivity contribution in [3.8, 4) is 11.3 Å². The molecule has 6 aliphatic carbocycles. The van der Waals surface area contributed by atoms with Crippen LogP contribution in [0.2, 0.25) is 0 Å². The second kappa shape index (κ2) is 19.6. The van der Waals surface area contributed by atoms with E-state index in [1.54, 1.807) is 8.96 Å². The largest absolute Gasteiger partial charge is 0.737 e. The average Bonchev–Trinajstić information content (AvgIpc) is 1.48. The molecule has 2 aliphatic heterocycles. The minimum absolute atomic E-state index is 0.211. The van der Waals surface area contributed by atoms with Crippen molar-refractivity contribution in [2.75, 3.05) is 0 Å².